The highest BCUT2D eigenvalue weighted by Crippen LogP contribution is 2.17. The first-order valence-electron chi connectivity index (χ1n) is 7.05. The molecule has 0 atom stereocenters. The van der Waals surface area contributed by atoms with Gasteiger partial charge in [0, 0.05) is 13.1 Å². The Hall–Kier alpha value is -2.33. The van der Waals surface area contributed by atoms with Gasteiger partial charge in [0.25, 0.3) is 0 Å². The van der Waals surface area contributed by atoms with Gasteiger partial charge in [-0.05, 0) is 36.2 Å². The van der Waals surface area contributed by atoms with Crippen LogP contribution in [0.1, 0.15) is 22.3 Å². The second-order valence-electron chi connectivity index (χ2n) is 4.96. The summed E-state index contributed by atoms with van der Waals surface area (Å²) < 4.78 is 5.28. The maximum Gasteiger partial charge on any atom is 0.338 e. The van der Waals surface area contributed by atoms with E-state index in [9.17, 15) is 4.79 Å². The lowest BCUT2D eigenvalue weighted by molar-refractivity contribution is -0.107. The topological polar surface area (TPSA) is 38.8 Å². The standard InChI is InChI=1S/C17H17NO3/c19-17(20-13-14-5-2-1-3-6-14)15-7-9-16(10-8-15)21-18-11-4-12-18/h1-3,5-10H,4,11-13H2. The number of benzene rings is 2. The monoisotopic (exact) mass is 283 g/mol. The van der Waals surface area contributed by atoms with Gasteiger partial charge in [-0.3, -0.25) is 0 Å². The Labute approximate surface area is 123 Å². The van der Waals surface area contributed by atoms with Crippen molar-refractivity contribution < 1.29 is 14.4 Å². The molecule has 0 bridgehead atoms. The van der Waals surface area contributed by atoms with Crippen molar-refractivity contribution in [1.82, 2.24) is 5.06 Å². The predicted molar refractivity (Wildman–Crippen MR) is 78.8 cm³/mol. The lowest BCUT2D eigenvalue weighted by atomic mass is 10.2. The summed E-state index contributed by atoms with van der Waals surface area (Å²) in [5.74, 6) is 0.420. The maximum atomic E-state index is 11.9. The summed E-state index contributed by atoms with van der Waals surface area (Å²) in [5, 5.41) is 1.89. The van der Waals surface area contributed by atoms with Gasteiger partial charge in [0.05, 0.1) is 5.56 Å². The molecule has 0 aromatic heterocycles. The molecule has 0 N–H and O–H groups in total. The molecule has 108 valence electrons. The van der Waals surface area contributed by atoms with E-state index in [1.165, 1.54) is 6.42 Å². The highest BCUT2D eigenvalue weighted by atomic mass is 16.7. The molecule has 0 spiro atoms. The molecule has 1 heterocycles. The quantitative estimate of drug-likeness (QED) is 0.791. The van der Waals surface area contributed by atoms with Gasteiger partial charge in [0.1, 0.15) is 12.4 Å². The Balaban J connectivity index is 1.54. The minimum atomic E-state index is -0.325. The average molecular weight is 283 g/mol. The number of carbonyl (C=O) groups is 1. The minimum Gasteiger partial charge on any atom is -0.457 e. The summed E-state index contributed by atoms with van der Waals surface area (Å²) in [6.45, 7) is 2.20. The van der Waals surface area contributed by atoms with Crippen molar-refractivity contribution in [2.75, 3.05) is 13.1 Å². The van der Waals surface area contributed by atoms with Gasteiger partial charge in [-0.2, -0.15) is 0 Å². The van der Waals surface area contributed by atoms with Crippen LogP contribution in [-0.4, -0.2) is 24.1 Å². The van der Waals surface area contributed by atoms with Crippen LogP contribution in [-0.2, 0) is 11.3 Å². The molecule has 0 aliphatic carbocycles. The van der Waals surface area contributed by atoms with E-state index in [0.717, 1.165) is 24.4 Å². The van der Waals surface area contributed by atoms with Crippen molar-refractivity contribution in [3.05, 3.63) is 65.7 Å². The van der Waals surface area contributed by atoms with Crippen LogP contribution in [0.5, 0.6) is 5.75 Å². The number of hydrogen-bond donors (Lipinski definition) is 0. The number of esters is 1. The molecule has 4 heteroatoms. The third-order valence-electron chi connectivity index (χ3n) is 3.35. The predicted octanol–water partition coefficient (Wildman–Crippen LogP) is 3.04. The van der Waals surface area contributed by atoms with Crippen LogP contribution in [0.4, 0.5) is 0 Å². The average Bonchev–Trinajstić information content (AvgIpc) is 2.50. The Morgan fingerprint density at radius 1 is 1.00 bits per heavy atom. The molecule has 0 radical (unpaired) electrons. The molecule has 2 aromatic rings. The first-order chi connectivity index (χ1) is 10.3. The molecular formula is C17H17NO3. The molecular weight excluding hydrogens is 266 g/mol. The molecule has 1 aliphatic heterocycles. The van der Waals surface area contributed by atoms with Gasteiger partial charge in [0.2, 0.25) is 0 Å². The number of hydrogen-bond acceptors (Lipinski definition) is 4. The van der Waals surface area contributed by atoms with Crippen molar-refractivity contribution in [2.45, 2.75) is 13.0 Å². The number of ether oxygens (including phenoxy) is 1. The molecule has 1 fully saturated rings. The van der Waals surface area contributed by atoms with Crippen molar-refractivity contribution in [1.29, 1.82) is 0 Å². The summed E-state index contributed by atoms with van der Waals surface area (Å²) in [6, 6.07) is 16.7. The fourth-order valence-electron chi connectivity index (χ4n) is 1.99. The fourth-order valence-corrected chi connectivity index (χ4v) is 1.99. The second-order valence-corrected chi connectivity index (χ2v) is 4.96. The van der Waals surface area contributed by atoms with Crippen molar-refractivity contribution in [3.8, 4) is 5.75 Å². The van der Waals surface area contributed by atoms with E-state index in [4.69, 9.17) is 9.57 Å². The minimum absolute atomic E-state index is 0.283. The van der Waals surface area contributed by atoms with Crippen molar-refractivity contribution in [2.24, 2.45) is 0 Å². The van der Waals surface area contributed by atoms with Crippen molar-refractivity contribution in [3.63, 3.8) is 0 Å². The van der Waals surface area contributed by atoms with Crippen LogP contribution in [0, 0.1) is 0 Å². The lowest BCUT2D eigenvalue weighted by Crippen LogP contribution is -2.39. The summed E-state index contributed by atoms with van der Waals surface area (Å²) in [5.41, 5.74) is 1.51. The van der Waals surface area contributed by atoms with Gasteiger partial charge < -0.3 is 9.57 Å². The normalized spacial score (nSPS) is 14.3. The van der Waals surface area contributed by atoms with E-state index in [-0.39, 0.29) is 12.6 Å². The Morgan fingerprint density at radius 2 is 1.71 bits per heavy atom. The van der Waals surface area contributed by atoms with E-state index >= 15 is 0 Å². The first-order valence-corrected chi connectivity index (χ1v) is 7.05. The molecule has 1 aliphatic rings. The van der Waals surface area contributed by atoms with E-state index in [1.807, 2.05) is 35.4 Å². The third kappa shape index (κ3) is 3.61. The Morgan fingerprint density at radius 3 is 2.33 bits per heavy atom. The van der Waals surface area contributed by atoms with Gasteiger partial charge in [0.15, 0.2) is 0 Å². The third-order valence-corrected chi connectivity index (χ3v) is 3.35. The largest absolute Gasteiger partial charge is 0.457 e. The molecule has 3 rings (SSSR count). The van der Waals surface area contributed by atoms with Gasteiger partial charge in [-0.1, -0.05) is 30.3 Å². The van der Waals surface area contributed by atoms with Crippen molar-refractivity contribution >= 4 is 5.97 Å². The smallest absolute Gasteiger partial charge is 0.338 e. The lowest BCUT2D eigenvalue weighted by Gasteiger charge is -2.29. The molecule has 1 saturated heterocycles. The first kappa shape index (κ1) is 13.6. The number of carbonyl (C=O) groups excluding carboxylic acids is 1. The second kappa shape index (κ2) is 6.41. The van der Waals surface area contributed by atoms with Crippen LogP contribution >= 0.6 is 0 Å². The number of hydroxylamine groups is 2. The molecule has 21 heavy (non-hydrogen) atoms. The zero-order chi connectivity index (χ0) is 14.5. The zero-order valence-electron chi connectivity index (χ0n) is 11.7. The summed E-state index contributed by atoms with van der Waals surface area (Å²) in [4.78, 5) is 17.5. The van der Waals surface area contributed by atoms with E-state index < -0.39 is 0 Å². The number of nitrogens with zero attached hydrogens (tertiary/aromatic N) is 1. The maximum absolute atomic E-state index is 11.9. The molecule has 0 amide bonds. The Kier molecular flexibility index (Phi) is 4.17. The van der Waals surface area contributed by atoms with Crippen LogP contribution in [0.25, 0.3) is 0 Å². The highest BCUT2D eigenvalue weighted by molar-refractivity contribution is 5.89. The van der Waals surface area contributed by atoms with E-state index in [1.54, 1.807) is 24.3 Å². The fraction of sp³-hybridized carbons (Fsp3) is 0.235. The molecule has 4 nitrogen and oxygen atoms in total. The molecule has 0 saturated carbocycles. The molecule has 2 aromatic carbocycles. The SMILES string of the molecule is O=C(OCc1ccccc1)c1ccc(ON2CCC2)cc1. The van der Waals surface area contributed by atoms with Crippen LogP contribution in [0.2, 0.25) is 0 Å². The number of rotatable bonds is 5. The van der Waals surface area contributed by atoms with Gasteiger partial charge in [-0.25, -0.2) is 4.79 Å². The highest BCUT2D eigenvalue weighted by Gasteiger charge is 2.15. The summed E-state index contributed by atoms with van der Waals surface area (Å²) in [6.07, 6.45) is 1.17. The Bertz CT molecular complexity index is 591. The van der Waals surface area contributed by atoms with Crippen LogP contribution in [0.3, 0.4) is 0 Å². The van der Waals surface area contributed by atoms with Gasteiger partial charge in [-0.15, -0.1) is 5.06 Å². The zero-order valence-corrected chi connectivity index (χ0v) is 11.7. The van der Waals surface area contributed by atoms with Crippen LogP contribution in [0.15, 0.2) is 54.6 Å². The van der Waals surface area contributed by atoms with E-state index in [0.29, 0.717) is 5.56 Å². The van der Waals surface area contributed by atoms with Gasteiger partial charge >= 0.3 is 5.97 Å². The molecule has 0 unspecified atom stereocenters. The van der Waals surface area contributed by atoms with E-state index in [2.05, 4.69) is 0 Å². The summed E-state index contributed by atoms with van der Waals surface area (Å²) >= 11 is 0. The van der Waals surface area contributed by atoms with Crippen LogP contribution < -0.4 is 4.84 Å². The summed E-state index contributed by atoms with van der Waals surface area (Å²) in [7, 11) is 0.